The average Bonchev–Trinajstić information content (AvgIpc) is 2.69. The third-order valence-corrected chi connectivity index (χ3v) is 4.83. The van der Waals surface area contributed by atoms with Gasteiger partial charge in [-0.15, -0.1) is 0 Å². The van der Waals surface area contributed by atoms with Crippen molar-refractivity contribution in [2.75, 3.05) is 32.6 Å². The summed E-state index contributed by atoms with van der Waals surface area (Å²) in [5.41, 5.74) is 0. The number of benzene rings is 1. The minimum Gasteiger partial charge on any atom is -0.493 e. The Balaban J connectivity index is 1.89. The van der Waals surface area contributed by atoms with Gasteiger partial charge in [0.25, 0.3) is 0 Å². The van der Waals surface area contributed by atoms with Crippen molar-refractivity contribution in [2.45, 2.75) is 6.42 Å². The van der Waals surface area contributed by atoms with Gasteiger partial charge < -0.3 is 9.47 Å². The molecular weight excluding hydrogens is 254 g/mol. The molecule has 1 aliphatic heterocycles. The molecule has 0 saturated carbocycles. The maximum Gasteiger partial charge on any atom is 0.214 e. The van der Waals surface area contributed by atoms with E-state index in [1.54, 1.807) is 13.2 Å². The number of methoxy groups -OCH3 is 1. The van der Waals surface area contributed by atoms with Gasteiger partial charge in [0, 0.05) is 13.1 Å². The molecule has 6 heteroatoms. The number of para-hydroxylation sites is 2. The molecule has 1 aromatic rings. The molecule has 0 amide bonds. The standard InChI is InChI=1S/C12H17NO4S/c1-16-11-5-2-3-6-12(11)17-9-8-13-7-4-10-18(13,14)15/h2-3,5-6H,4,7-10H2,1H3. The molecule has 0 bridgehead atoms. The highest BCUT2D eigenvalue weighted by molar-refractivity contribution is 7.89. The maximum atomic E-state index is 11.6. The second-order valence-electron chi connectivity index (χ2n) is 4.07. The van der Waals surface area contributed by atoms with E-state index >= 15 is 0 Å². The first-order chi connectivity index (χ1) is 8.63. The molecule has 18 heavy (non-hydrogen) atoms. The fourth-order valence-corrected chi connectivity index (χ4v) is 3.45. The Morgan fingerprint density at radius 2 is 2.00 bits per heavy atom. The summed E-state index contributed by atoms with van der Waals surface area (Å²) in [5.74, 6) is 1.54. The van der Waals surface area contributed by atoms with Crippen molar-refractivity contribution in [1.29, 1.82) is 0 Å². The number of rotatable bonds is 5. The Morgan fingerprint density at radius 3 is 2.61 bits per heavy atom. The summed E-state index contributed by atoms with van der Waals surface area (Å²) in [6.07, 6.45) is 0.705. The SMILES string of the molecule is COc1ccccc1OCCN1CCCS1(=O)=O. The third kappa shape index (κ3) is 2.94. The van der Waals surface area contributed by atoms with Crippen molar-refractivity contribution >= 4 is 10.0 Å². The van der Waals surface area contributed by atoms with E-state index in [0.717, 1.165) is 0 Å². The zero-order valence-electron chi connectivity index (χ0n) is 10.3. The lowest BCUT2D eigenvalue weighted by atomic mass is 10.3. The number of hydrogen-bond acceptors (Lipinski definition) is 4. The normalized spacial score (nSPS) is 18.7. The molecule has 2 rings (SSSR count). The summed E-state index contributed by atoms with van der Waals surface area (Å²) in [4.78, 5) is 0. The van der Waals surface area contributed by atoms with Crippen LogP contribution in [0, 0.1) is 0 Å². The first kappa shape index (κ1) is 13.2. The van der Waals surface area contributed by atoms with Gasteiger partial charge >= 0.3 is 0 Å². The lowest BCUT2D eigenvalue weighted by Crippen LogP contribution is -2.30. The fraction of sp³-hybridized carbons (Fsp3) is 0.500. The van der Waals surface area contributed by atoms with Crippen LogP contribution in [0.2, 0.25) is 0 Å². The van der Waals surface area contributed by atoms with E-state index in [1.165, 1.54) is 4.31 Å². The molecule has 0 radical (unpaired) electrons. The van der Waals surface area contributed by atoms with Gasteiger partial charge in [-0.1, -0.05) is 12.1 Å². The topological polar surface area (TPSA) is 55.8 Å². The minimum atomic E-state index is -3.04. The van der Waals surface area contributed by atoms with Crippen molar-refractivity contribution < 1.29 is 17.9 Å². The second-order valence-corrected chi connectivity index (χ2v) is 6.16. The first-order valence-corrected chi connectivity index (χ1v) is 7.48. The molecule has 1 aromatic carbocycles. The molecule has 0 atom stereocenters. The fourth-order valence-electron chi connectivity index (χ4n) is 1.94. The monoisotopic (exact) mass is 271 g/mol. The van der Waals surface area contributed by atoms with Gasteiger partial charge in [-0.25, -0.2) is 8.42 Å². The lowest BCUT2D eigenvalue weighted by Gasteiger charge is -2.15. The predicted molar refractivity (Wildman–Crippen MR) is 68.5 cm³/mol. The largest absolute Gasteiger partial charge is 0.493 e. The smallest absolute Gasteiger partial charge is 0.214 e. The molecule has 0 aliphatic carbocycles. The summed E-state index contributed by atoms with van der Waals surface area (Å²) in [6, 6.07) is 7.32. The number of sulfonamides is 1. The Hall–Kier alpha value is -1.27. The molecule has 1 heterocycles. The van der Waals surface area contributed by atoms with Gasteiger partial charge in [0.15, 0.2) is 11.5 Å². The zero-order valence-corrected chi connectivity index (χ0v) is 11.1. The molecular formula is C12H17NO4S. The van der Waals surface area contributed by atoms with Crippen molar-refractivity contribution in [3.8, 4) is 11.5 Å². The first-order valence-electron chi connectivity index (χ1n) is 5.87. The van der Waals surface area contributed by atoms with Crippen LogP contribution in [-0.2, 0) is 10.0 Å². The van der Waals surface area contributed by atoms with Crippen LogP contribution in [-0.4, -0.2) is 45.3 Å². The quantitative estimate of drug-likeness (QED) is 0.805. The number of hydrogen-bond donors (Lipinski definition) is 0. The Bertz CT molecular complexity index is 501. The van der Waals surface area contributed by atoms with E-state index in [1.807, 2.05) is 18.2 Å². The highest BCUT2D eigenvalue weighted by Gasteiger charge is 2.27. The molecule has 100 valence electrons. The molecule has 1 saturated heterocycles. The predicted octanol–water partition coefficient (Wildman–Crippen LogP) is 1.11. The Morgan fingerprint density at radius 1 is 1.28 bits per heavy atom. The van der Waals surface area contributed by atoms with Gasteiger partial charge in [0.05, 0.1) is 12.9 Å². The van der Waals surface area contributed by atoms with Crippen molar-refractivity contribution in [3.05, 3.63) is 24.3 Å². The van der Waals surface area contributed by atoms with E-state index in [9.17, 15) is 8.42 Å². The molecule has 1 aliphatic rings. The van der Waals surface area contributed by atoms with E-state index in [0.29, 0.717) is 37.6 Å². The van der Waals surface area contributed by atoms with Crippen LogP contribution in [0.15, 0.2) is 24.3 Å². The minimum absolute atomic E-state index is 0.252. The van der Waals surface area contributed by atoms with Crippen molar-refractivity contribution in [3.63, 3.8) is 0 Å². The van der Waals surface area contributed by atoms with Crippen LogP contribution < -0.4 is 9.47 Å². The van der Waals surface area contributed by atoms with E-state index in [4.69, 9.17) is 9.47 Å². The van der Waals surface area contributed by atoms with Gasteiger partial charge in [0.2, 0.25) is 10.0 Å². The number of ether oxygens (including phenoxy) is 2. The van der Waals surface area contributed by atoms with Crippen LogP contribution >= 0.6 is 0 Å². The van der Waals surface area contributed by atoms with Gasteiger partial charge in [-0.05, 0) is 18.6 Å². The molecule has 0 N–H and O–H groups in total. The molecule has 0 spiro atoms. The van der Waals surface area contributed by atoms with Crippen LogP contribution in [0.4, 0.5) is 0 Å². The maximum absolute atomic E-state index is 11.6. The van der Waals surface area contributed by atoms with E-state index < -0.39 is 10.0 Å². The molecule has 5 nitrogen and oxygen atoms in total. The summed E-state index contributed by atoms with van der Waals surface area (Å²) in [7, 11) is -1.46. The third-order valence-electron chi connectivity index (χ3n) is 2.87. The molecule has 1 fully saturated rings. The number of nitrogens with zero attached hydrogens (tertiary/aromatic N) is 1. The summed E-state index contributed by atoms with van der Waals surface area (Å²) in [6.45, 7) is 1.32. The van der Waals surface area contributed by atoms with Gasteiger partial charge in [0.1, 0.15) is 6.61 Å². The van der Waals surface area contributed by atoms with Crippen LogP contribution in [0.5, 0.6) is 11.5 Å². The highest BCUT2D eigenvalue weighted by Crippen LogP contribution is 2.25. The van der Waals surface area contributed by atoms with Gasteiger partial charge in [-0.2, -0.15) is 4.31 Å². The summed E-state index contributed by atoms with van der Waals surface area (Å²) >= 11 is 0. The second kappa shape index (κ2) is 5.58. The lowest BCUT2D eigenvalue weighted by molar-refractivity contribution is 0.265. The van der Waals surface area contributed by atoms with E-state index in [-0.39, 0.29) is 5.75 Å². The zero-order chi connectivity index (χ0) is 13.0. The summed E-state index contributed by atoms with van der Waals surface area (Å²) in [5, 5.41) is 0. The van der Waals surface area contributed by atoms with Crippen molar-refractivity contribution in [1.82, 2.24) is 4.31 Å². The van der Waals surface area contributed by atoms with Crippen LogP contribution in [0.25, 0.3) is 0 Å². The molecule has 0 unspecified atom stereocenters. The molecule has 0 aromatic heterocycles. The van der Waals surface area contributed by atoms with Crippen LogP contribution in [0.3, 0.4) is 0 Å². The Kier molecular flexibility index (Phi) is 4.08. The van der Waals surface area contributed by atoms with E-state index in [2.05, 4.69) is 0 Å². The summed E-state index contributed by atoms with van der Waals surface area (Å²) < 4.78 is 35.3. The van der Waals surface area contributed by atoms with Gasteiger partial charge in [-0.3, -0.25) is 0 Å². The van der Waals surface area contributed by atoms with Crippen LogP contribution in [0.1, 0.15) is 6.42 Å². The Labute approximate surface area is 107 Å². The highest BCUT2D eigenvalue weighted by atomic mass is 32.2. The van der Waals surface area contributed by atoms with Crippen molar-refractivity contribution in [2.24, 2.45) is 0 Å². The average molecular weight is 271 g/mol.